The van der Waals surface area contributed by atoms with Crippen LogP contribution in [0.15, 0.2) is 24.9 Å². The average molecular weight is 320 g/mol. The van der Waals surface area contributed by atoms with E-state index in [1.54, 1.807) is 18.0 Å². The molecule has 1 aliphatic rings. The van der Waals surface area contributed by atoms with Gasteiger partial charge in [-0.05, 0) is 31.4 Å². The van der Waals surface area contributed by atoms with E-state index in [-0.39, 0.29) is 11.8 Å². The molecule has 0 spiro atoms. The van der Waals surface area contributed by atoms with Gasteiger partial charge < -0.3 is 15.0 Å². The summed E-state index contributed by atoms with van der Waals surface area (Å²) < 4.78 is 7.21. The molecule has 0 saturated carbocycles. The molecule has 1 aliphatic heterocycles. The summed E-state index contributed by atoms with van der Waals surface area (Å²) in [5.74, 6) is -0.306. The van der Waals surface area contributed by atoms with Gasteiger partial charge in [-0.3, -0.25) is 14.3 Å². The number of carbonyl (C=O) groups is 2. The number of nitrogens with zero attached hydrogens (tertiary/aromatic N) is 3. The highest BCUT2D eigenvalue weighted by Gasteiger charge is 2.19. The lowest BCUT2D eigenvalue weighted by Gasteiger charge is -2.22. The summed E-state index contributed by atoms with van der Waals surface area (Å²) in [6, 6.07) is 2.07. The minimum absolute atomic E-state index is 0.106. The van der Waals surface area contributed by atoms with Gasteiger partial charge >= 0.3 is 0 Å². The number of rotatable bonds is 7. The second-order valence-electron chi connectivity index (χ2n) is 5.60. The number of aromatic nitrogens is 2. The van der Waals surface area contributed by atoms with Crippen molar-refractivity contribution in [3.8, 4) is 0 Å². The van der Waals surface area contributed by atoms with Crippen LogP contribution >= 0.6 is 0 Å². The molecule has 126 valence electrons. The molecule has 7 heteroatoms. The van der Waals surface area contributed by atoms with Gasteiger partial charge in [0.1, 0.15) is 5.69 Å². The van der Waals surface area contributed by atoms with Gasteiger partial charge in [-0.15, -0.1) is 0 Å². The standard InChI is InChI=1S/C16H24N4O3/c1-3-15(21)17-8-4-9-19(2)16(22)14-5-10-20(18-14)13-6-11-23-12-7-13/h3,5,10,13H,1,4,6-9,11-12H2,2H3,(H,17,21). The van der Waals surface area contributed by atoms with Crippen molar-refractivity contribution in [2.45, 2.75) is 25.3 Å². The number of hydrogen-bond donors (Lipinski definition) is 1. The first kappa shape index (κ1) is 17.2. The molecular formula is C16H24N4O3. The quantitative estimate of drug-likeness (QED) is 0.601. The Morgan fingerprint density at radius 2 is 2.26 bits per heavy atom. The summed E-state index contributed by atoms with van der Waals surface area (Å²) in [7, 11) is 1.74. The second-order valence-corrected chi connectivity index (χ2v) is 5.60. The fraction of sp³-hybridized carbons (Fsp3) is 0.562. The molecular weight excluding hydrogens is 296 g/mol. The van der Waals surface area contributed by atoms with E-state index in [1.165, 1.54) is 6.08 Å². The van der Waals surface area contributed by atoms with Crippen molar-refractivity contribution in [3.63, 3.8) is 0 Å². The van der Waals surface area contributed by atoms with Crippen LogP contribution < -0.4 is 5.32 Å². The zero-order chi connectivity index (χ0) is 16.7. The Kier molecular flexibility index (Phi) is 6.34. The minimum Gasteiger partial charge on any atom is -0.381 e. The van der Waals surface area contributed by atoms with Crippen LogP contribution in [0.25, 0.3) is 0 Å². The molecule has 1 aromatic heterocycles. The lowest BCUT2D eigenvalue weighted by Crippen LogP contribution is -2.31. The molecule has 2 rings (SSSR count). The summed E-state index contributed by atoms with van der Waals surface area (Å²) in [5, 5.41) is 7.10. The maximum Gasteiger partial charge on any atom is 0.274 e. The molecule has 1 saturated heterocycles. The molecule has 0 atom stereocenters. The Labute approximate surface area is 136 Å². The molecule has 2 amide bonds. The summed E-state index contributed by atoms with van der Waals surface area (Å²) in [6.07, 6.45) is 5.63. The SMILES string of the molecule is C=CC(=O)NCCCN(C)C(=O)c1ccn(C2CCOCC2)n1. The van der Waals surface area contributed by atoms with Crippen LogP contribution in [0.1, 0.15) is 35.8 Å². The largest absolute Gasteiger partial charge is 0.381 e. The summed E-state index contributed by atoms with van der Waals surface area (Å²) in [6.45, 7) is 5.94. The fourth-order valence-corrected chi connectivity index (χ4v) is 2.50. The van der Waals surface area contributed by atoms with Crippen molar-refractivity contribution >= 4 is 11.8 Å². The maximum atomic E-state index is 12.3. The molecule has 0 unspecified atom stereocenters. The predicted octanol–water partition coefficient (Wildman–Crippen LogP) is 0.999. The van der Waals surface area contributed by atoms with E-state index in [1.807, 2.05) is 10.9 Å². The summed E-state index contributed by atoms with van der Waals surface area (Å²) >= 11 is 0. The zero-order valence-electron chi connectivity index (χ0n) is 13.5. The third-order valence-electron chi connectivity index (χ3n) is 3.89. The van der Waals surface area contributed by atoms with Crippen molar-refractivity contribution in [3.05, 3.63) is 30.6 Å². The first-order valence-corrected chi connectivity index (χ1v) is 7.90. The highest BCUT2D eigenvalue weighted by Crippen LogP contribution is 2.20. The lowest BCUT2D eigenvalue weighted by molar-refractivity contribution is -0.116. The van der Waals surface area contributed by atoms with Crippen molar-refractivity contribution in [2.24, 2.45) is 0 Å². The monoisotopic (exact) mass is 320 g/mol. The third kappa shape index (κ3) is 4.92. The molecule has 7 nitrogen and oxygen atoms in total. The van der Waals surface area contributed by atoms with E-state index in [2.05, 4.69) is 17.0 Å². The van der Waals surface area contributed by atoms with E-state index in [9.17, 15) is 9.59 Å². The molecule has 23 heavy (non-hydrogen) atoms. The lowest BCUT2D eigenvalue weighted by atomic mass is 10.1. The van der Waals surface area contributed by atoms with E-state index < -0.39 is 0 Å². The highest BCUT2D eigenvalue weighted by molar-refractivity contribution is 5.92. The van der Waals surface area contributed by atoms with Crippen LogP contribution in [0.2, 0.25) is 0 Å². The molecule has 1 aromatic rings. The summed E-state index contributed by atoms with van der Waals surface area (Å²) in [4.78, 5) is 25.0. The Morgan fingerprint density at radius 3 is 2.96 bits per heavy atom. The Morgan fingerprint density at radius 1 is 1.52 bits per heavy atom. The second kappa shape index (κ2) is 8.47. The molecule has 0 aliphatic carbocycles. The normalized spacial score (nSPS) is 15.2. The van der Waals surface area contributed by atoms with E-state index in [4.69, 9.17) is 4.74 Å². The molecule has 2 heterocycles. The van der Waals surface area contributed by atoms with Gasteiger partial charge in [0.05, 0.1) is 6.04 Å². The third-order valence-corrected chi connectivity index (χ3v) is 3.89. The predicted molar refractivity (Wildman–Crippen MR) is 86.1 cm³/mol. The Hall–Kier alpha value is -2.15. The molecule has 0 radical (unpaired) electrons. The molecule has 1 N–H and O–H groups in total. The highest BCUT2D eigenvalue weighted by atomic mass is 16.5. The first-order valence-electron chi connectivity index (χ1n) is 7.90. The Balaban J connectivity index is 1.81. The van der Waals surface area contributed by atoms with E-state index >= 15 is 0 Å². The number of nitrogens with one attached hydrogen (secondary N) is 1. The van der Waals surface area contributed by atoms with Gasteiger partial charge in [-0.25, -0.2) is 0 Å². The van der Waals surface area contributed by atoms with E-state index in [0.29, 0.717) is 31.2 Å². The van der Waals surface area contributed by atoms with Crippen molar-refractivity contribution in [1.82, 2.24) is 20.0 Å². The van der Waals surface area contributed by atoms with Gasteiger partial charge in [0, 0.05) is 39.5 Å². The van der Waals surface area contributed by atoms with Crippen molar-refractivity contribution in [2.75, 3.05) is 33.4 Å². The van der Waals surface area contributed by atoms with Crippen LogP contribution in [0.4, 0.5) is 0 Å². The summed E-state index contributed by atoms with van der Waals surface area (Å²) in [5.41, 5.74) is 0.453. The van der Waals surface area contributed by atoms with Crippen LogP contribution in [0, 0.1) is 0 Å². The van der Waals surface area contributed by atoms with Gasteiger partial charge in [-0.2, -0.15) is 5.10 Å². The molecule has 0 bridgehead atoms. The fourth-order valence-electron chi connectivity index (χ4n) is 2.50. The topological polar surface area (TPSA) is 76.5 Å². The van der Waals surface area contributed by atoms with Crippen LogP contribution in [0.5, 0.6) is 0 Å². The molecule has 1 fully saturated rings. The zero-order valence-corrected chi connectivity index (χ0v) is 13.5. The Bertz CT molecular complexity index is 549. The van der Waals surface area contributed by atoms with Gasteiger partial charge in [0.2, 0.25) is 5.91 Å². The van der Waals surface area contributed by atoms with Crippen molar-refractivity contribution < 1.29 is 14.3 Å². The average Bonchev–Trinajstić information content (AvgIpc) is 3.08. The number of hydrogen-bond acceptors (Lipinski definition) is 4. The molecule has 0 aromatic carbocycles. The van der Waals surface area contributed by atoms with Gasteiger partial charge in [-0.1, -0.05) is 6.58 Å². The maximum absolute atomic E-state index is 12.3. The smallest absolute Gasteiger partial charge is 0.274 e. The van der Waals surface area contributed by atoms with Crippen LogP contribution in [0.3, 0.4) is 0 Å². The minimum atomic E-state index is -0.200. The number of carbonyl (C=O) groups excluding carboxylic acids is 2. The number of ether oxygens (including phenoxy) is 1. The van der Waals surface area contributed by atoms with Gasteiger partial charge in [0.25, 0.3) is 5.91 Å². The van der Waals surface area contributed by atoms with Crippen LogP contribution in [-0.2, 0) is 9.53 Å². The van der Waals surface area contributed by atoms with Crippen LogP contribution in [-0.4, -0.2) is 59.8 Å². The van der Waals surface area contributed by atoms with E-state index in [0.717, 1.165) is 26.1 Å². The number of amides is 2. The van der Waals surface area contributed by atoms with Gasteiger partial charge in [0.15, 0.2) is 0 Å². The van der Waals surface area contributed by atoms with Crippen molar-refractivity contribution in [1.29, 1.82) is 0 Å². The first-order chi connectivity index (χ1) is 11.1.